The van der Waals surface area contributed by atoms with Gasteiger partial charge in [0.05, 0.1) is 0 Å². The molecule has 2 nitrogen and oxygen atoms in total. The third-order valence-corrected chi connectivity index (χ3v) is 6.52. The molecule has 0 saturated heterocycles. The van der Waals surface area contributed by atoms with E-state index in [1.165, 1.54) is 21.5 Å². The van der Waals surface area contributed by atoms with Gasteiger partial charge in [-0.3, -0.25) is 4.79 Å². The molecule has 0 radical (unpaired) electrons. The Morgan fingerprint density at radius 3 is 1.68 bits per heavy atom. The molecule has 3 heteroatoms. The summed E-state index contributed by atoms with van der Waals surface area (Å²) in [6.45, 7) is 0. The molecule has 0 aliphatic heterocycles. The first-order valence-electron chi connectivity index (χ1n) is 8.45. The summed E-state index contributed by atoms with van der Waals surface area (Å²) in [7, 11) is -0.576. The average molecular weight is 348 g/mol. The lowest BCUT2D eigenvalue weighted by molar-refractivity contribution is -0.137. The first-order chi connectivity index (χ1) is 12.2. The van der Waals surface area contributed by atoms with Gasteiger partial charge in [-0.1, -0.05) is 84.9 Å². The first kappa shape index (κ1) is 17.4. The molecule has 3 aromatic rings. The molecular weight excluding hydrogens is 327 g/mol. The van der Waals surface area contributed by atoms with Gasteiger partial charge in [0.1, 0.15) is 0 Å². The Labute approximate surface area is 149 Å². The third kappa shape index (κ3) is 4.78. The Morgan fingerprint density at radius 1 is 0.720 bits per heavy atom. The Hall–Kier alpha value is -2.44. The van der Waals surface area contributed by atoms with Crippen molar-refractivity contribution in [2.45, 2.75) is 19.3 Å². The highest BCUT2D eigenvalue weighted by atomic mass is 31.1. The van der Waals surface area contributed by atoms with Crippen LogP contribution in [0.3, 0.4) is 0 Å². The number of rotatable bonds is 7. The lowest BCUT2D eigenvalue weighted by atomic mass is 10.1. The Balaban J connectivity index is 1.85. The predicted molar refractivity (Wildman–Crippen MR) is 106 cm³/mol. The Bertz CT molecular complexity index is 759. The van der Waals surface area contributed by atoms with Gasteiger partial charge in [-0.05, 0) is 42.2 Å². The standard InChI is InChI=1S/C22H21O2P/c23-22(24)13-7-8-18-14-16-21(17-15-18)25(19-9-3-1-4-10-19)20-11-5-2-6-12-20/h1-6,9-12,14-17H,7-8,13H2,(H,23,24). The molecule has 0 heterocycles. The molecule has 0 bridgehead atoms. The van der Waals surface area contributed by atoms with Gasteiger partial charge < -0.3 is 5.11 Å². The quantitative estimate of drug-likeness (QED) is 0.659. The van der Waals surface area contributed by atoms with Crippen molar-refractivity contribution in [3.05, 3.63) is 90.5 Å². The first-order valence-corrected chi connectivity index (χ1v) is 9.79. The summed E-state index contributed by atoms with van der Waals surface area (Å²) >= 11 is 0. The highest BCUT2D eigenvalue weighted by Crippen LogP contribution is 2.32. The molecule has 1 N–H and O–H groups in total. The normalized spacial score (nSPS) is 10.8. The van der Waals surface area contributed by atoms with E-state index in [-0.39, 0.29) is 6.42 Å². The molecule has 0 saturated carbocycles. The molecule has 0 spiro atoms. The minimum atomic E-state index is -0.728. The fourth-order valence-corrected chi connectivity index (χ4v) is 5.14. The van der Waals surface area contributed by atoms with E-state index in [1.54, 1.807) is 0 Å². The maximum absolute atomic E-state index is 10.6. The molecule has 0 aliphatic rings. The van der Waals surface area contributed by atoms with Gasteiger partial charge in [-0.25, -0.2) is 0 Å². The van der Waals surface area contributed by atoms with Crippen LogP contribution in [0.5, 0.6) is 0 Å². The van der Waals surface area contributed by atoms with Crippen LogP contribution in [0.1, 0.15) is 18.4 Å². The minimum Gasteiger partial charge on any atom is -0.481 e. The van der Waals surface area contributed by atoms with Crippen LogP contribution < -0.4 is 15.9 Å². The highest BCUT2D eigenvalue weighted by molar-refractivity contribution is 7.79. The van der Waals surface area contributed by atoms with E-state index >= 15 is 0 Å². The van der Waals surface area contributed by atoms with Crippen LogP contribution in [0.15, 0.2) is 84.9 Å². The van der Waals surface area contributed by atoms with Crippen molar-refractivity contribution in [1.29, 1.82) is 0 Å². The van der Waals surface area contributed by atoms with Gasteiger partial charge in [-0.15, -0.1) is 0 Å². The molecule has 126 valence electrons. The van der Waals surface area contributed by atoms with E-state index in [0.29, 0.717) is 6.42 Å². The van der Waals surface area contributed by atoms with Crippen molar-refractivity contribution in [1.82, 2.24) is 0 Å². The third-order valence-electron chi connectivity index (χ3n) is 4.08. The van der Waals surface area contributed by atoms with Gasteiger partial charge >= 0.3 is 5.97 Å². The van der Waals surface area contributed by atoms with Crippen LogP contribution in [0.25, 0.3) is 0 Å². The maximum Gasteiger partial charge on any atom is 0.303 e. The molecule has 3 rings (SSSR count). The summed E-state index contributed by atoms with van der Waals surface area (Å²) < 4.78 is 0. The van der Waals surface area contributed by atoms with Crippen LogP contribution >= 0.6 is 7.92 Å². The number of carboxylic acid groups (broad SMARTS) is 1. The summed E-state index contributed by atoms with van der Waals surface area (Å²) in [5.74, 6) is -0.728. The van der Waals surface area contributed by atoms with Crippen molar-refractivity contribution in [2.75, 3.05) is 0 Å². The molecule has 25 heavy (non-hydrogen) atoms. The molecular formula is C22H21O2P. The second kappa shape index (κ2) is 8.60. The summed E-state index contributed by atoms with van der Waals surface area (Å²) in [5, 5.41) is 12.7. The fraction of sp³-hybridized carbons (Fsp3) is 0.136. The van der Waals surface area contributed by atoms with E-state index in [4.69, 9.17) is 5.11 Å². The Kier molecular flexibility index (Phi) is 5.98. The summed E-state index contributed by atoms with van der Waals surface area (Å²) in [6, 6.07) is 29.9. The number of aliphatic carboxylic acids is 1. The number of aryl methyl sites for hydroxylation is 1. The van der Waals surface area contributed by atoms with Crippen LogP contribution in [0.4, 0.5) is 0 Å². The highest BCUT2D eigenvalue weighted by Gasteiger charge is 2.15. The summed E-state index contributed by atoms with van der Waals surface area (Å²) in [6.07, 6.45) is 1.71. The van der Waals surface area contributed by atoms with Crippen molar-refractivity contribution in [3.63, 3.8) is 0 Å². The molecule has 0 amide bonds. The fourth-order valence-electron chi connectivity index (χ4n) is 2.86. The van der Waals surface area contributed by atoms with Crippen LogP contribution in [0, 0.1) is 0 Å². The van der Waals surface area contributed by atoms with Crippen LogP contribution in [-0.2, 0) is 11.2 Å². The molecule has 0 fully saturated rings. The lowest BCUT2D eigenvalue weighted by Crippen LogP contribution is -2.20. The largest absolute Gasteiger partial charge is 0.481 e. The second-order valence-corrected chi connectivity index (χ2v) is 8.14. The van der Waals surface area contributed by atoms with E-state index in [0.717, 1.165) is 6.42 Å². The van der Waals surface area contributed by atoms with Gasteiger partial charge in [0.2, 0.25) is 0 Å². The van der Waals surface area contributed by atoms with Crippen LogP contribution in [-0.4, -0.2) is 11.1 Å². The zero-order valence-electron chi connectivity index (χ0n) is 14.0. The van der Waals surface area contributed by atoms with Crippen LogP contribution in [0.2, 0.25) is 0 Å². The number of hydrogen-bond acceptors (Lipinski definition) is 1. The minimum absolute atomic E-state index is 0.225. The topological polar surface area (TPSA) is 37.3 Å². The molecule has 0 aromatic heterocycles. The smallest absolute Gasteiger partial charge is 0.303 e. The van der Waals surface area contributed by atoms with Crippen molar-refractivity contribution < 1.29 is 9.90 Å². The zero-order valence-corrected chi connectivity index (χ0v) is 14.9. The number of hydrogen-bond donors (Lipinski definition) is 1. The lowest BCUT2D eigenvalue weighted by Gasteiger charge is -2.19. The van der Waals surface area contributed by atoms with Gasteiger partial charge in [-0.2, -0.15) is 0 Å². The van der Waals surface area contributed by atoms with E-state index in [1.807, 2.05) is 12.1 Å². The van der Waals surface area contributed by atoms with E-state index in [2.05, 4.69) is 72.8 Å². The Morgan fingerprint density at radius 2 is 1.20 bits per heavy atom. The van der Waals surface area contributed by atoms with E-state index < -0.39 is 13.9 Å². The number of carboxylic acids is 1. The molecule has 0 atom stereocenters. The molecule has 0 unspecified atom stereocenters. The summed E-state index contributed by atoms with van der Waals surface area (Å²) in [5.41, 5.74) is 1.20. The maximum atomic E-state index is 10.6. The van der Waals surface area contributed by atoms with Gasteiger partial charge in [0.15, 0.2) is 0 Å². The SMILES string of the molecule is O=C(O)CCCc1ccc(P(c2ccccc2)c2ccccc2)cc1. The summed E-state index contributed by atoms with van der Waals surface area (Å²) in [4.78, 5) is 10.6. The number of benzene rings is 3. The molecule has 0 aliphatic carbocycles. The van der Waals surface area contributed by atoms with Crippen molar-refractivity contribution >= 4 is 29.8 Å². The average Bonchev–Trinajstić information content (AvgIpc) is 2.65. The molecule has 3 aromatic carbocycles. The predicted octanol–water partition coefficient (Wildman–Crippen LogP) is 3.85. The van der Waals surface area contributed by atoms with Gasteiger partial charge in [0.25, 0.3) is 0 Å². The monoisotopic (exact) mass is 348 g/mol. The number of carbonyl (C=O) groups is 1. The van der Waals surface area contributed by atoms with Crippen molar-refractivity contribution in [3.8, 4) is 0 Å². The van der Waals surface area contributed by atoms with E-state index in [9.17, 15) is 4.79 Å². The van der Waals surface area contributed by atoms with Crippen molar-refractivity contribution in [2.24, 2.45) is 0 Å². The van der Waals surface area contributed by atoms with Gasteiger partial charge in [0, 0.05) is 6.42 Å². The zero-order chi connectivity index (χ0) is 17.5. The second-order valence-electron chi connectivity index (χ2n) is 5.92.